The molecule has 3 rings (SSSR count). The largest absolute Gasteiger partial charge is 0.494 e. The van der Waals surface area contributed by atoms with E-state index in [1.54, 1.807) is 24.3 Å². The van der Waals surface area contributed by atoms with Crippen LogP contribution in [0.4, 0.5) is 13.2 Å². The van der Waals surface area contributed by atoms with Gasteiger partial charge in [-0.15, -0.1) is 0 Å². The van der Waals surface area contributed by atoms with E-state index >= 15 is 0 Å². The van der Waals surface area contributed by atoms with Gasteiger partial charge in [0, 0.05) is 24.9 Å². The minimum absolute atomic E-state index is 0.0545. The molecular formula is C30H40F3N3O3. The van der Waals surface area contributed by atoms with Crippen LogP contribution in [0, 0.1) is 5.92 Å². The molecule has 0 radical (unpaired) electrons. The summed E-state index contributed by atoms with van der Waals surface area (Å²) < 4.78 is 44.3. The first-order valence-electron chi connectivity index (χ1n) is 13.8. The van der Waals surface area contributed by atoms with Crippen molar-refractivity contribution in [2.45, 2.75) is 71.0 Å². The van der Waals surface area contributed by atoms with Crippen LogP contribution in [-0.4, -0.2) is 53.9 Å². The third-order valence-corrected chi connectivity index (χ3v) is 7.30. The lowest BCUT2D eigenvalue weighted by molar-refractivity contribution is -0.137. The topological polar surface area (TPSA) is 75.9 Å². The standard InChI is InChI=1S/C30H40F3N3O3/c1-3-39-27-14-10-24(11-15-27)28(37)16-6-22(2)7-17-29(38)36(34)26(21-35-18-4-5-19-35)20-23-8-12-25(13-9-23)30(31,32)33/h8-15,22,26H,3-7,16-21,34H2,1-2H3. The van der Waals surface area contributed by atoms with Crippen molar-refractivity contribution in [1.82, 2.24) is 9.91 Å². The normalized spacial score (nSPS) is 15.6. The first kappa shape index (κ1) is 30.6. The van der Waals surface area contributed by atoms with Crippen LogP contribution in [0.3, 0.4) is 0 Å². The highest BCUT2D eigenvalue weighted by molar-refractivity contribution is 5.96. The first-order valence-corrected chi connectivity index (χ1v) is 13.8. The number of Topliss-reactive ketones (excluding diaryl/α,β-unsaturated/α-hetero) is 1. The second kappa shape index (κ2) is 14.5. The van der Waals surface area contributed by atoms with E-state index in [1.165, 1.54) is 17.1 Å². The maximum absolute atomic E-state index is 13.0. The van der Waals surface area contributed by atoms with E-state index in [0.717, 1.165) is 43.8 Å². The lowest BCUT2D eigenvalue weighted by atomic mass is 9.96. The maximum atomic E-state index is 13.0. The molecule has 214 valence electrons. The lowest BCUT2D eigenvalue weighted by Crippen LogP contribution is -2.51. The Kier molecular flexibility index (Phi) is 11.4. The summed E-state index contributed by atoms with van der Waals surface area (Å²) in [5.74, 6) is 7.06. The van der Waals surface area contributed by atoms with Crippen molar-refractivity contribution in [2.75, 3.05) is 26.2 Å². The van der Waals surface area contributed by atoms with Gasteiger partial charge in [0.15, 0.2) is 5.78 Å². The minimum atomic E-state index is -4.39. The van der Waals surface area contributed by atoms with Crippen molar-refractivity contribution >= 4 is 11.7 Å². The fourth-order valence-electron chi connectivity index (χ4n) is 4.89. The Labute approximate surface area is 229 Å². The van der Waals surface area contributed by atoms with Gasteiger partial charge in [-0.1, -0.05) is 19.1 Å². The van der Waals surface area contributed by atoms with Gasteiger partial charge in [-0.2, -0.15) is 13.2 Å². The molecule has 1 amide bonds. The molecule has 0 bridgehead atoms. The molecule has 39 heavy (non-hydrogen) atoms. The molecule has 2 atom stereocenters. The maximum Gasteiger partial charge on any atom is 0.416 e. The number of ether oxygens (including phenoxy) is 1. The van der Waals surface area contributed by atoms with Gasteiger partial charge >= 0.3 is 6.18 Å². The van der Waals surface area contributed by atoms with E-state index in [0.29, 0.717) is 50.0 Å². The van der Waals surface area contributed by atoms with Crippen LogP contribution in [0.15, 0.2) is 48.5 Å². The smallest absolute Gasteiger partial charge is 0.416 e. The van der Waals surface area contributed by atoms with Crippen LogP contribution in [0.5, 0.6) is 5.75 Å². The Morgan fingerprint density at radius 1 is 1.00 bits per heavy atom. The van der Waals surface area contributed by atoms with Gasteiger partial charge in [-0.05, 0) is 100.0 Å². The molecule has 1 fully saturated rings. The number of nitrogens with zero attached hydrogens (tertiary/aromatic N) is 2. The number of hydrogen-bond acceptors (Lipinski definition) is 5. The average molecular weight is 548 g/mol. The van der Waals surface area contributed by atoms with Gasteiger partial charge in [-0.3, -0.25) is 14.6 Å². The lowest BCUT2D eigenvalue weighted by Gasteiger charge is -2.31. The van der Waals surface area contributed by atoms with Gasteiger partial charge in [0.1, 0.15) is 5.75 Å². The van der Waals surface area contributed by atoms with Crippen LogP contribution in [0.25, 0.3) is 0 Å². The van der Waals surface area contributed by atoms with Crippen LogP contribution < -0.4 is 10.6 Å². The molecule has 1 saturated heterocycles. The first-order chi connectivity index (χ1) is 18.6. The highest BCUT2D eigenvalue weighted by atomic mass is 19.4. The molecule has 0 aromatic heterocycles. The molecule has 9 heteroatoms. The number of benzene rings is 2. The summed E-state index contributed by atoms with van der Waals surface area (Å²) in [6.07, 6.45) is 0.0464. The van der Waals surface area contributed by atoms with E-state index in [1.807, 2.05) is 13.8 Å². The number of nitrogens with two attached hydrogens (primary N) is 1. The fourth-order valence-corrected chi connectivity index (χ4v) is 4.89. The van der Waals surface area contributed by atoms with Crippen LogP contribution in [-0.2, 0) is 17.4 Å². The zero-order chi connectivity index (χ0) is 28.4. The van der Waals surface area contributed by atoms with Gasteiger partial charge in [0.25, 0.3) is 0 Å². The monoisotopic (exact) mass is 547 g/mol. The zero-order valence-electron chi connectivity index (χ0n) is 22.9. The van der Waals surface area contributed by atoms with Gasteiger partial charge in [0.05, 0.1) is 18.2 Å². The van der Waals surface area contributed by atoms with E-state index in [2.05, 4.69) is 4.90 Å². The average Bonchev–Trinajstić information content (AvgIpc) is 3.43. The predicted molar refractivity (Wildman–Crippen MR) is 145 cm³/mol. The predicted octanol–water partition coefficient (Wildman–Crippen LogP) is 5.89. The number of amides is 1. The van der Waals surface area contributed by atoms with Crippen molar-refractivity contribution in [1.29, 1.82) is 0 Å². The minimum Gasteiger partial charge on any atom is -0.494 e. The van der Waals surface area contributed by atoms with E-state index < -0.39 is 11.7 Å². The van der Waals surface area contributed by atoms with Gasteiger partial charge < -0.3 is 9.64 Å². The van der Waals surface area contributed by atoms with E-state index in [4.69, 9.17) is 10.6 Å². The molecule has 2 aromatic rings. The Morgan fingerprint density at radius 2 is 1.62 bits per heavy atom. The SMILES string of the molecule is CCOc1ccc(C(=O)CCC(C)CCC(=O)N(N)C(Cc2ccc(C(F)(F)F)cc2)CN2CCCC2)cc1. The number of rotatable bonds is 14. The van der Waals surface area contributed by atoms with Crippen molar-refractivity contribution in [3.8, 4) is 5.75 Å². The number of alkyl halides is 3. The molecule has 2 aromatic carbocycles. The number of hydrazine groups is 1. The van der Waals surface area contributed by atoms with Crippen LogP contribution in [0.2, 0.25) is 0 Å². The number of carbonyl (C=O) groups is 2. The Morgan fingerprint density at radius 3 is 2.21 bits per heavy atom. The second-order valence-electron chi connectivity index (χ2n) is 10.4. The van der Waals surface area contributed by atoms with Crippen molar-refractivity contribution in [3.63, 3.8) is 0 Å². The summed E-state index contributed by atoms with van der Waals surface area (Å²) in [4.78, 5) is 27.9. The number of halogens is 3. The molecule has 6 nitrogen and oxygen atoms in total. The third-order valence-electron chi connectivity index (χ3n) is 7.30. The Hall–Kier alpha value is -2.91. The molecule has 0 aliphatic carbocycles. The molecule has 2 unspecified atom stereocenters. The van der Waals surface area contributed by atoms with Crippen molar-refractivity contribution in [3.05, 3.63) is 65.2 Å². The number of likely N-dealkylation sites (tertiary alicyclic amines) is 1. The molecule has 2 N–H and O–H groups in total. The molecule has 1 aliphatic rings. The summed E-state index contributed by atoms with van der Waals surface area (Å²) in [5.41, 5.74) is 0.650. The summed E-state index contributed by atoms with van der Waals surface area (Å²) in [7, 11) is 0. The number of ketones is 1. The number of hydrogen-bond donors (Lipinski definition) is 1. The summed E-state index contributed by atoms with van der Waals surface area (Å²) in [6.45, 7) is 6.91. The van der Waals surface area contributed by atoms with Crippen molar-refractivity contribution < 1.29 is 27.5 Å². The van der Waals surface area contributed by atoms with Gasteiger partial charge in [-0.25, -0.2) is 5.84 Å². The van der Waals surface area contributed by atoms with Crippen LogP contribution in [0.1, 0.15) is 73.9 Å². The highest BCUT2D eigenvalue weighted by Gasteiger charge is 2.30. The molecule has 0 saturated carbocycles. The fraction of sp³-hybridized carbons (Fsp3) is 0.533. The Bertz CT molecular complexity index is 1050. The molecular weight excluding hydrogens is 507 g/mol. The zero-order valence-corrected chi connectivity index (χ0v) is 22.9. The number of carbonyl (C=O) groups excluding carboxylic acids is 2. The summed E-state index contributed by atoms with van der Waals surface area (Å²) in [6, 6.07) is 11.8. The molecule has 0 spiro atoms. The molecule has 1 aliphatic heterocycles. The van der Waals surface area contributed by atoms with E-state index in [-0.39, 0.29) is 30.1 Å². The molecule has 1 heterocycles. The van der Waals surface area contributed by atoms with E-state index in [9.17, 15) is 22.8 Å². The highest BCUT2D eigenvalue weighted by Crippen LogP contribution is 2.29. The van der Waals surface area contributed by atoms with Crippen molar-refractivity contribution in [2.24, 2.45) is 11.8 Å². The third kappa shape index (κ3) is 9.65. The quantitative estimate of drug-likeness (QED) is 0.138. The Balaban J connectivity index is 1.52. The second-order valence-corrected chi connectivity index (χ2v) is 10.4. The summed E-state index contributed by atoms with van der Waals surface area (Å²) >= 11 is 0. The van der Waals surface area contributed by atoms with Crippen LogP contribution >= 0.6 is 0 Å². The van der Waals surface area contributed by atoms with Gasteiger partial charge in [0.2, 0.25) is 5.91 Å². The summed E-state index contributed by atoms with van der Waals surface area (Å²) in [5, 5.41) is 1.27.